The predicted octanol–water partition coefficient (Wildman–Crippen LogP) is 1.74. The van der Waals surface area contributed by atoms with Gasteiger partial charge in [0.2, 0.25) is 5.91 Å². The van der Waals surface area contributed by atoms with Gasteiger partial charge in [-0.25, -0.2) is 0 Å². The maximum Gasteiger partial charge on any atom is 0.249 e. The third-order valence-electron chi connectivity index (χ3n) is 4.61. The average molecular weight is 266 g/mol. The van der Waals surface area contributed by atoms with E-state index in [4.69, 9.17) is 0 Å². The number of rotatable bonds is 2. The Morgan fingerprint density at radius 2 is 2.22 bits per heavy atom. The Morgan fingerprint density at radius 1 is 1.44 bits per heavy atom. The fraction of sp³-hybridized carbons (Fsp3) is 0.769. The van der Waals surface area contributed by atoms with Gasteiger partial charge in [-0.1, -0.05) is 18.2 Å². The van der Waals surface area contributed by atoms with Gasteiger partial charge in [0.25, 0.3) is 0 Å². The Morgan fingerprint density at radius 3 is 2.72 bits per heavy atom. The highest BCUT2D eigenvalue weighted by molar-refractivity contribution is 8.17. The Labute approximate surface area is 111 Å². The van der Waals surface area contributed by atoms with Crippen molar-refractivity contribution in [2.45, 2.75) is 50.3 Å². The number of hydrogen-bond donors (Lipinski definition) is 1. The van der Waals surface area contributed by atoms with Crippen LogP contribution in [0.5, 0.6) is 0 Å². The first-order chi connectivity index (χ1) is 8.49. The summed E-state index contributed by atoms with van der Waals surface area (Å²) in [5.74, 6) is 1.21. The minimum atomic E-state index is -0.976. The van der Waals surface area contributed by atoms with Crippen molar-refractivity contribution in [2.24, 2.45) is 16.8 Å². The number of nitrogens with one attached hydrogen (secondary N) is 1. The molecule has 18 heavy (non-hydrogen) atoms. The second-order valence-corrected chi connectivity index (χ2v) is 7.23. The fourth-order valence-corrected chi connectivity index (χ4v) is 4.30. The molecule has 2 saturated carbocycles. The largest absolute Gasteiger partial charge is 0.304 e. The molecule has 5 heteroatoms. The number of Topliss-reactive ketones (excluding diaryl/α,β-unsaturated/α-hetero) is 1. The van der Waals surface area contributed by atoms with Crippen LogP contribution in [0.3, 0.4) is 0 Å². The minimum absolute atomic E-state index is 0.108. The summed E-state index contributed by atoms with van der Waals surface area (Å²) in [4.78, 5) is 28.1. The third kappa shape index (κ3) is 1.79. The van der Waals surface area contributed by atoms with Crippen LogP contribution in [0.1, 0.15) is 39.5 Å². The fourth-order valence-electron chi connectivity index (χ4n) is 3.29. The molecular weight excluding hydrogens is 248 g/mol. The molecule has 0 radical (unpaired) electrons. The molecule has 4 atom stereocenters. The van der Waals surface area contributed by atoms with Gasteiger partial charge in [0.1, 0.15) is 0 Å². The van der Waals surface area contributed by atoms with Gasteiger partial charge < -0.3 is 5.32 Å². The SMILES string of the molecule is CC(=O)C1(C)SC(=N[C@H]2CC3CCC2C3)NC1=O. The van der Waals surface area contributed by atoms with Gasteiger partial charge in [-0.15, -0.1) is 0 Å². The molecule has 1 heterocycles. The van der Waals surface area contributed by atoms with Gasteiger partial charge in [0.15, 0.2) is 15.7 Å². The van der Waals surface area contributed by atoms with Crippen molar-refractivity contribution in [3.05, 3.63) is 0 Å². The summed E-state index contributed by atoms with van der Waals surface area (Å²) >= 11 is 1.28. The van der Waals surface area contributed by atoms with Crippen LogP contribution in [-0.2, 0) is 9.59 Å². The summed E-state index contributed by atoms with van der Waals surface area (Å²) in [6, 6.07) is 0.362. The number of carbonyl (C=O) groups is 2. The minimum Gasteiger partial charge on any atom is -0.304 e. The highest BCUT2D eigenvalue weighted by Gasteiger charge is 2.47. The van der Waals surface area contributed by atoms with Gasteiger partial charge in [0, 0.05) is 0 Å². The maximum absolute atomic E-state index is 11.8. The molecule has 1 aliphatic heterocycles. The van der Waals surface area contributed by atoms with E-state index in [0.29, 0.717) is 17.1 Å². The highest BCUT2D eigenvalue weighted by Crippen LogP contribution is 2.46. The molecule has 0 aromatic heterocycles. The van der Waals surface area contributed by atoms with Crippen molar-refractivity contribution in [2.75, 3.05) is 0 Å². The molecule has 3 aliphatic rings. The smallest absolute Gasteiger partial charge is 0.249 e. The van der Waals surface area contributed by atoms with E-state index >= 15 is 0 Å². The molecule has 3 fully saturated rings. The topological polar surface area (TPSA) is 58.5 Å². The van der Waals surface area contributed by atoms with Gasteiger partial charge >= 0.3 is 0 Å². The molecule has 98 valence electrons. The number of amidine groups is 1. The molecule has 1 amide bonds. The van der Waals surface area contributed by atoms with Crippen LogP contribution in [0.4, 0.5) is 0 Å². The molecule has 2 bridgehead atoms. The number of thioether (sulfide) groups is 1. The second-order valence-electron chi connectivity index (χ2n) is 5.82. The molecule has 2 aliphatic carbocycles. The number of aliphatic imine (C=N–C) groups is 1. The lowest BCUT2D eigenvalue weighted by molar-refractivity contribution is -0.128. The standard InChI is InChI=1S/C13H18N2O2S/c1-7(16)13(2)11(17)15-12(18-13)14-10-6-8-3-4-9(10)5-8/h8-10H,3-6H2,1-2H3,(H,14,15,17)/t8?,9?,10-,13?/m0/s1. The zero-order chi connectivity index (χ0) is 12.9. The first kappa shape index (κ1) is 12.2. The van der Waals surface area contributed by atoms with Gasteiger partial charge in [-0.05, 0) is 44.9 Å². The van der Waals surface area contributed by atoms with E-state index in [1.165, 1.54) is 37.9 Å². The van der Waals surface area contributed by atoms with E-state index in [9.17, 15) is 9.59 Å². The number of ketones is 1. The van der Waals surface area contributed by atoms with Gasteiger partial charge in [0.05, 0.1) is 6.04 Å². The van der Waals surface area contributed by atoms with E-state index in [0.717, 1.165) is 12.3 Å². The summed E-state index contributed by atoms with van der Waals surface area (Å²) in [6.07, 6.45) is 5.07. The van der Waals surface area contributed by atoms with Gasteiger partial charge in [-0.3, -0.25) is 14.6 Å². The van der Waals surface area contributed by atoms with Crippen LogP contribution in [-0.4, -0.2) is 27.6 Å². The first-order valence-corrected chi connectivity index (χ1v) is 7.40. The van der Waals surface area contributed by atoms with Crippen molar-refractivity contribution in [1.29, 1.82) is 0 Å². The highest BCUT2D eigenvalue weighted by atomic mass is 32.2. The van der Waals surface area contributed by atoms with Crippen LogP contribution in [0.15, 0.2) is 4.99 Å². The monoisotopic (exact) mass is 266 g/mol. The molecule has 3 unspecified atom stereocenters. The molecule has 1 saturated heterocycles. The van der Waals surface area contributed by atoms with Crippen LogP contribution in [0, 0.1) is 11.8 Å². The van der Waals surface area contributed by atoms with Crippen molar-refractivity contribution in [3.8, 4) is 0 Å². The average Bonchev–Trinajstić information content (AvgIpc) is 2.95. The lowest BCUT2D eigenvalue weighted by Crippen LogP contribution is -2.39. The Balaban J connectivity index is 1.75. The Kier molecular flexibility index (Phi) is 2.77. The third-order valence-corrected chi connectivity index (χ3v) is 5.89. The number of amides is 1. The van der Waals surface area contributed by atoms with Crippen molar-refractivity contribution >= 4 is 28.6 Å². The van der Waals surface area contributed by atoms with Crippen LogP contribution in [0.2, 0.25) is 0 Å². The second kappa shape index (κ2) is 4.08. The van der Waals surface area contributed by atoms with E-state index in [1.54, 1.807) is 6.92 Å². The summed E-state index contributed by atoms with van der Waals surface area (Å²) in [7, 11) is 0. The summed E-state index contributed by atoms with van der Waals surface area (Å²) in [5.41, 5.74) is 0. The first-order valence-electron chi connectivity index (χ1n) is 6.58. The van der Waals surface area contributed by atoms with Crippen LogP contribution in [0.25, 0.3) is 0 Å². The van der Waals surface area contributed by atoms with Gasteiger partial charge in [-0.2, -0.15) is 0 Å². The normalized spacial score (nSPS) is 44.7. The lowest BCUT2D eigenvalue weighted by Gasteiger charge is -2.18. The van der Waals surface area contributed by atoms with Crippen LogP contribution < -0.4 is 5.32 Å². The zero-order valence-corrected chi connectivity index (χ0v) is 11.5. The molecule has 4 nitrogen and oxygen atoms in total. The molecule has 3 rings (SSSR count). The Hall–Kier alpha value is -0.840. The van der Waals surface area contributed by atoms with E-state index in [1.807, 2.05) is 0 Å². The molecule has 1 N–H and O–H groups in total. The van der Waals surface area contributed by atoms with E-state index < -0.39 is 4.75 Å². The zero-order valence-electron chi connectivity index (χ0n) is 10.7. The number of fused-ring (bicyclic) bond motifs is 2. The van der Waals surface area contributed by atoms with E-state index in [-0.39, 0.29) is 11.7 Å². The Bertz CT molecular complexity index is 448. The predicted molar refractivity (Wildman–Crippen MR) is 71.5 cm³/mol. The van der Waals surface area contributed by atoms with Crippen molar-refractivity contribution in [1.82, 2.24) is 5.32 Å². The number of nitrogens with zero attached hydrogens (tertiary/aromatic N) is 1. The molecular formula is C13H18N2O2S. The number of carbonyl (C=O) groups excluding carboxylic acids is 2. The van der Waals surface area contributed by atoms with Crippen molar-refractivity contribution in [3.63, 3.8) is 0 Å². The molecule has 0 aromatic carbocycles. The number of hydrogen-bond acceptors (Lipinski definition) is 4. The van der Waals surface area contributed by atoms with Crippen molar-refractivity contribution < 1.29 is 9.59 Å². The molecule has 0 spiro atoms. The van der Waals surface area contributed by atoms with Crippen LogP contribution >= 0.6 is 11.8 Å². The molecule has 0 aromatic rings. The summed E-state index contributed by atoms with van der Waals surface area (Å²) < 4.78 is -0.976. The quantitative estimate of drug-likeness (QED) is 0.775. The maximum atomic E-state index is 11.8. The summed E-state index contributed by atoms with van der Waals surface area (Å²) in [6.45, 7) is 3.14. The van der Waals surface area contributed by atoms with E-state index in [2.05, 4.69) is 10.3 Å². The lowest BCUT2D eigenvalue weighted by atomic mass is 9.96. The summed E-state index contributed by atoms with van der Waals surface area (Å²) in [5, 5.41) is 3.41.